The van der Waals surface area contributed by atoms with E-state index in [-0.39, 0.29) is 21.7 Å². The normalized spacial score (nSPS) is 22.4. The van der Waals surface area contributed by atoms with E-state index in [1.165, 1.54) is 41.8 Å². The van der Waals surface area contributed by atoms with Crippen LogP contribution >= 0.6 is 47.0 Å². The molecule has 0 radical (unpaired) electrons. The molecule has 0 saturated carbocycles. The van der Waals surface area contributed by atoms with Crippen LogP contribution in [0.5, 0.6) is 0 Å². The first-order valence-electron chi connectivity index (χ1n) is 13.2. The molecule has 0 N–H and O–H groups in total. The van der Waals surface area contributed by atoms with Gasteiger partial charge >= 0.3 is 0 Å². The fourth-order valence-corrected chi connectivity index (χ4v) is 10.1. The van der Waals surface area contributed by atoms with E-state index in [0.717, 1.165) is 0 Å². The van der Waals surface area contributed by atoms with Gasteiger partial charge in [-0.15, -0.1) is 0 Å². The fourth-order valence-electron chi connectivity index (χ4n) is 4.74. The second-order valence-electron chi connectivity index (χ2n) is 9.43. The van der Waals surface area contributed by atoms with E-state index >= 15 is 0 Å². The summed E-state index contributed by atoms with van der Waals surface area (Å²) in [6.07, 6.45) is 0. The van der Waals surface area contributed by atoms with Crippen LogP contribution in [-0.4, -0.2) is 0 Å². The third-order valence-corrected chi connectivity index (χ3v) is 12.0. The number of fused-ring (bicyclic) bond motifs is 3. The van der Waals surface area contributed by atoms with Crippen molar-refractivity contribution in [2.75, 3.05) is 0 Å². The second kappa shape index (κ2) is 12.1. The summed E-state index contributed by atoms with van der Waals surface area (Å²) in [5, 5.41) is 0. The summed E-state index contributed by atoms with van der Waals surface area (Å²) in [6, 6.07) is 46.8. The Morgan fingerprint density at radius 3 is 0.900 bits per heavy atom. The van der Waals surface area contributed by atoms with Gasteiger partial charge in [0, 0.05) is 19.6 Å². The Bertz CT molecular complexity index is 1450. The van der Waals surface area contributed by atoms with Gasteiger partial charge in [0.05, 0.1) is 0 Å². The van der Waals surface area contributed by atoms with Crippen LogP contribution in [0.25, 0.3) is 0 Å². The molecular formula is C34H26O2S4. The quantitative estimate of drug-likeness (QED) is 0.205. The molecule has 0 saturated heterocycles. The molecule has 6 heteroatoms. The van der Waals surface area contributed by atoms with Crippen molar-refractivity contribution in [1.82, 2.24) is 0 Å². The van der Waals surface area contributed by atoms with Crippen molar-refractivity contribution in [3.63, 3.8) is 0 Å². The topological polar surface area (TPSA) is 18.5 Å². The van der Waals surface area contributed by atoms with Gasteiger partial charge in [0.15, 0.2) is 0 Å². The number of rotatable bonds is 4. The van der Waals surface area contributed by atoms with Crippen molar-refractivity contribution in [1.29, 1.82) is 0 Å². The van der Waals surface area contributed by atoms with Crippen LogP contribution in [0, 0.1) is 0 Å². The Kier molecular flexibility index (Phi) is 7.97. The van der Waals surface area contributed by atoms with Crippen molar-refractivity contribution >= 4 is 47.0 Å². The summed E-state index contributed by atoms with van der Waals surface area (Å²) >= 11 is 7.22. The van der Waals surface area contributed by atoms with Gasteiger partial charge in [-0.3, -0.25) is 0 Å². The number of hydrogen-bond acceptors (Lipinski definition) is 6. The number of hydrogen-bond donors (Lipinski definition) is 0. The largest absolute Gasteiger partial charge is 0.343 e. The van der Waals surface area contributed by atoms with Crippen molar-refractivity contribution in [2.45, 2.75) is 41.3 Å². The van der Waals surface area contributed by atoms with Crippen LogP contribution < -0.4 is 0 Å². The highest BCUT2D eigenvalue weighted by Crippen LogP contribution is 2.60. The molecule has 0 aliphatic carbocycles. The highest BCUT2D eigenvalue weighted by molar-refractivity contribution is 8.05. The van der Waals surface area contributed by atoms with Gasteiger partial charge in [-0.1, -0.05) is 168 Å². The smallest absolute Gasteiger partial charge is 0.134 e. The Morgan fingerprint density at radius 1 is 0.325 bits per heavy atom. The monoisotopic (exact) mass is 594 g/mol. The minimum Gasteiger partial charge on any atom is -0.343 e. The third kappa shape index (κ3) is 5.62. The number of ether oxygens (including phenoxy) is 2. The first-order chi connectivity index (χ1) is 19.8. The van der Waals surface area contributed by atoms with Gasteiger partial charge in [0.25, 0.3) is 0 Å². The standard InChI is InChI=1S/C34H26O2S4/c1-5-13-23(14-6-1)31-35-33(25-17-9-3-10-18-25)39-29-27(37-31)21-22-28-30(29)40-34(26-19-11-4-12-20-26)36-32(38-28)24-15-7-2-8-16-24/h1-22,31-34H/t31?,32?,33-,34-/m0/s1. The lowest BCUT2D eigenvalue weighted by Crippen LogP contribution is -2.04. The maximum Gasteiger partial charge on any atom is 0.134 e. The van der Waals surface area contributed by atoms with Gasteiger partial charge < -0.3 is 9.47 Å². The average molecular weight is 595 g/mol. The molecule has 2 aliphatic rings. The first kappa shape index (κ1) is 26.3. The summed E-state index contributed by atoms with van der Waals surface area (Å²) in [4.78, 5) is 5.03. The average Bonchev–Trinajstić information content (AvgIpc) is 3.36. The van der Waals surface area contributed by atoms with E-state index in [0.29, 0.717) is 0 Å². The van der Waals surface area contributed by atoms with Crippen molar-refractivity contribution < 1.29 is 9.47 Å². The van der Waals surface area contributed by atoms with E-state index in [1.807, 2.05) is 23.5 Å². The molecule has 5 aromatic rings. The number of benzene rings is 5. The lowest BCUT2D eigenvalue weighted by molar-refractivity contribution is 0.0926. The molecule has 2 heterocycles. The van der Waals surface area contributed by atoms with E-state index in [2.05, 4.69) is 133 Å². The predicted octanol–water partition coefficient (Wildman–Crippen LogP) is 10.9. The maximum atomic E-state index is 6.87. The zero-order valence-electron chi connectivity index (χ0n) is 21.5. The molecule has 0 fully saturated rings. The minimum atomic E-state index is -0.137. The molecule has 2 unspecified atom stereocenters. The molecule has 198 valence electrons. The van der Waals surface area contributed by atoms with Gasteiger partial charge in [-0.05, 0) is 34.4 Å². The molecule has 4 atom stereocenters. The highest BCUT2D eigenvalue weighted by atomic mass is 32.2. The predicted molar refractivity (Wildman–Crippen MR) is 169 cm³/mol. The first-order valence-corrected chi connectivity index (χ1v) is 16.7. The summed E-state index contributed by atoms with van der Waals surface area (Å²) in [7, 11) is 0. The summed E-state index contributed by atoms with van der Waals surface area (Å²) in [5.74, 6) is 0. The van der Waals surface area contributed by atoms with E-state index < -0.39 is 0 Å². The lowest BCUT2D eigenvalue weighted by atomic mass is 10.2. The molecule has 0 aromatic heterocycles. The minimum absolute atomic E-state index is 0.111. The molecular weight excluding hydrogens is 569 g/mol. The molecule has 0 spiro atoms. The number of thioether (sulfide) groups is 4. The van der Waals surface area contributed by atoms with Crippen LogP contribution in [0.15, 0.2) is 153 Å². The Morgan fingerprint density at radius 2 is 0.600 bits per heavy atom. The van der Waals surface area contributed by atoms with Crippen LogP contribution in [0.4, 0.5) is 0 Å². The molecule has 2 aliphatic heterocycles. The van der Waals surface area contributed by atoms with E-state index in [4.69, 9.17) is 9.47 Å². The highest BCUT2D eigenvalue weighted by Gasteiger charge is 2.34. The maximum absolute atomic E-state index is 6.87. The van der Waals surface area contributed by atoms with Crippen LogP contribution in [0.3, 0.4) is 0 Å². The van der Waals surface area contributed by atoms with Gasteiger partial charge in [-0.25, -0.2) is 0 Å². The second-order valence-corrected chi connectivity index (χ2v) is 13.8. The summed E-state index contributed by atoms with van der Waals surface area (Å²) in [5.41, 5.74) is 4.19. The van der Waals surface area contributed by atoms with Gasteiger partial charge in [0.1, 0.15) is 21.7 Å². The molecule has 2 nitrogen and oxygen atoms in total. The zero-order valence-corrected chi connectivity index (χ0v) is 24.7. The van der Waals surface area contributed by atoms with E-state index in [9.17, 15) is 0 Å². The summed E-state index contributed by atoms with van der Waals surface area (Å²) < 4.78 is 13.7. The zero-order chi connectivity index (χ0) is 26.7. The third-order valence-electron chi connectivity index (χ3n) is 6.74. The molecule has 40 heavy (non-hydrogen) atoms. The van der Waals surface area contributed by atoms with Crippen molar-refractivity contribution in [2.24, 2.45) is 0 Å². The van der Waals surface area contributed by atoms with Gasteiger partial charge in [0.2, 0.25) is 0 Å². The van der Waals surface area contributed by atoms with Crippen molar-refractivity contribution in [3.05, 3.63) is 156 Å². The summed E-state index contributed by atoms with van der Waals surface area (Å²) in [6.45, 7) is 0. The Labute approximate surface area is 252 Å². The lowest BCUT2D eigenvalue weighted by Gasteiger charge is -2.22. The Balaban J connectivity index is 1.35. The van der Waals surface area contributed by atoms with E-state index in [1.54, 1.807) is 23.5 Å². The fraction of sp³-hybridized carbons (Fsp3) is 0.118. The SMILES string of the molecule is c1ccc(C2O[C@H](c3ccccc3)Sc3c(ccc4c3S[C@@H](c3ccccc3)OC(c3ccccc3)S4)S2)cc1. The molecule has 0 bridgehead atoms. The van der Waals surface area contributed by atoms with Crippen LogP contribution in [0.1, 0.15) is 44.0 Å². The van der Waals surface area contributed by atoms with Crippen LogP contribution in [0.2, 0.25) is 0 Å². The molecule has 7 rings (SSSR count). The Hall–Kier alpha value is -2.58. The molecule has 0 amide bonds. The van der Waals surface area contributed by atoms with Gasteiger partial charge in [-0.2, -0.15) is 0 Å². The van der Waals surface area contributed by atoms with Crippen LogP contribution in [-0.2, 0) is 9.47 Å². The molecule has 5 aromatic carbocycles. The van der Waals surface area contributed by atoms with Crippen molar-refractivity contribution in [3.8, 4) is 0 Å².